The zero-order chi connectivity index (χ0) is 13.4. The molecule has 0 amide bonds. The van der Waals surface area contributed by atoms with Gasteiger partial charge in [0.1, 0.15) is 0 Å². The molecule has 0 spiro atoms. The summed E-state index contributed by atoms with van der Waals surface area (Å²) in [5, 5.41) is 0. The van der Waals surface area contributed by atoms with Crippen molar-refractivity contribution in [2.24, 2.45) is 5.41 Å². The van der Waals surface area contributed by atoms with E-state index in [1.807, 2.05) is 20.8 Å². The van der Waals surface area contributed by atoms with Gasteiger partial charge in [-0.3, -0.25) is 0 Å². The van der Waals surface area contributed by atoms with E-state index in [1.54, 1.807) is 0 Å². The summed E-state index contributed by atoms with van der Waals surface area (Å²) in [5.41, 5.74) is 0.0399. The zero-order valence-corrected chi connectivity index (χ0v) is 12.5. The second kappa shape index (κ2) is 8.29. The topological polar surface area (TPSA) is 55.4 Å². The molecule has 1 N–H and O–H groups in total. The van der Waals surface area contributed by atoms with Crippen molar-refractivity contribution in [1.82, 2.24) is 4.72 Å². The van der Waals surface area contributed by atoms with Gasteiger partial charge in [-0.25, -0.2) is 13.1 Å². The Balaban J connectivity index is 3.65. The van der Waals surface area contributed by atoms with Gasteiger partial charge in [-0.2, -0.15) is 0 Å². The molecule has 0 aliphatic heterocycles. The Morgan fingerprint density at radius 1 is 1.24 bits per heavy atom. The van der Waals surface area contributed by atoms with E-state index < -0.39 is 10.0 Å². The molecule has 0 radical (unpaired) electrons. The van der Waals surface area contributed by atoms with Crippen molar-refractivity contribution < 1.29 is 13.2 Å². The van der Waals surface area contributed by atoms with Crippen LogP contribution < -0.4 is 4.72 Å². The summed E-state index contributed by atoms with van der Waals surface area (Å²) in [7, 11) is -3.14. The van der Waals surface area contributed by atoms with Crippen molar-refractivity contribution in [1.29, 1.82) is 0 Å². The van der Waals surface area contributed by atoms with Crippen molar-refractivity contribution >= 4 is 21.6 Å². The summed E-state index contributed by atoms with van der Waals surface area (Å²) in [4.78, 5) is 0. The Labute approximate surface area is 110 Å². The maximum absolute atomic E-state index is 11.6. The van der Waals surface area contributed by atoms with Crippen molar-refractivity contribution in [3.05, 3.63) is 0 Å². The normalized spacial score (nSPS) is 12.9. The molecular formula is C11H24ClNO3S. The molecule has 104 valence electrons. The third-order valence-electron chi connectivity index (χ3n) is 2.13. The van der Waals surface area contributed by atoms with Crippen molar-refractivity contribution in [2.45, 2.75) is 33.6 Å². The molecule has 0 saturated carbocycles. The van der Waals surface area contributed by atoms with E-state index in [0.29, 0.717) is 38.5 Å². The molecule has 0 atom stereocenters. The standard InChI is InChI=1S/C11H24ClNO3S/c1-11(2,3)5-10-17(14,15)13-7-4-8-16-9-6-12/h13H,4-10H2,1-3H3. The highest BCUT2D eigenvalue weighted by Gasteiger charge is 2.16. The van der Waals surface area contributed by atoms with E-state index >= 15 is 0 Å². The molecule has 0 aromatic rings. The third kappa shape index (κ3) is 12.4. The molecule has 0 unspecified atom stereocenters. The van der Waals surface area contributed by atoms with Crippen LogP contribution in [0.25, 0.3) is 0 Å². The van der Waals surface area contributed by atoms with Gasteiger partial charge in [0.25, 0.3) is 0 Å². The number of hydrogen-bond acceptors (Lipinski definition) is 3. The minimum atomic E-state index is -3.14. The monoisotopic (exact) mass is 285 g/mol. The zero-order valence-electron chi connectivity index (χ0n) is 11.0. The average Bonchev–Trinajstić information content (AvgIpc) is 2.20. The highest BCUT2D eigenvalue weighted by molar-refractivity contribution is 7.89. The SMILES string of the molecule is CC(C)(C)CCS(=O)(=O)NCCCOCCCl. The van der Waals surface area contributed by atoms with Crippen LogP contribution in [0.5, 0.6) is 0 Å². The first kappa shape index (κ1) is 17.2. The first-order valence-electron chi connectivity index (χ1n) is 5.88. The lowest BCUT2D eigenvalue weighted by Crippen LogP contribution is -2.29. The molecule has 17 heavy (non-hydrogen) atoms. The Morgan fingerprint density at radius 2 is 1.88 bits per heavy atom. The maximum Gasteiger partial charge on any atom is 0.211 e. The van der Waals surface area contributed by atoms with Gasteiger partial charge in [-0.05, 0) is 18.3 Å². The first-order chi connectivity index (χ1) is 7.77. The Hall–Kier alpha value is 0.160. The summed E-state index contributed by atoms with van der Waals surface area (Å²) in [6.07, 6.45) is 1.33. The van der Waals surface area contributed by atoms with Crippen molar-refractivity contribution in [3.8, 4) is 0 Å². The highest BCUT2D eigenvalue weighted by atomic mass is 35.5. The van der Waals surface area contributed by atoms with Crippen LogP contribution in [0.1, 0.15) is 33.6 Å². The predicted octanol–water partition coefficient (Wildman–Crippen LogP) is 1.99. The molecule has 0 saturated heterocycles. The van der Waals surface area contributed by atoms with Crippen LogP contribution in [0, 0.1) is 5.41 Å². The second-order valence-corrected chi connectivity index (χ2v) is 7.48. The lowest BCUT2D eigenvalue weighted by atomic mass is 9.94. The first-order valence-corrected chi connectivity index (χ1v) is 8.06. The van der Waals surface area contributed by atoms with E-state index in [2.05, 4.69) is 4.72 Å². The summed E-state index contributed by atoms with van der Waals surface area (Å²) >= 11 is 5.43. The van der Waals surface area contributed by atoms with E-state index in [9.17, 15) is 8.42 Å². The van der Waals surface area contributed by atoms with Gasteiger partial charge < -0.3 is 4.74 Å². The van der Waals surface area contributed by atoms with E-state index in [-0.39, 0.29) is 11.2 Å². The highest BCUT2D eigenvalue weighted by Crippen LogP contribution is 2.18. The van der Waals surface area contributed by atoms with Gasteiger partial charge >= 0.3 is 0 Å². The lowest BCUT2D eigenvalue weighted by molar-refractivity contribution is 0.147. The number of sulfonamides is 1. The number of nitrogens with one attached hydrogen (secondary N) is 1. The van der Waals surface area contributed by atoms with Crippen molar-refractivity contribution in [2.75, 3.05) is 31.4 Å². The van der Waals surface area contributed by atoms with Gasteiger partial charge in [0.05, 0.1) is 12.4 Å². The molecule has 4 nitrogen and oxygen atoms in total. The molecule has 0 rings (SSSR count). The van der Waals surface area contributed by atoms with Crippen LogP contribution in [0.15, 0.2) is 0 Å². The van der Waals surface area contributed by atoms with Gasteiger partial charge in [-0.15, -0.1) is 11.6 Å². The van der Waals surface area contributed by atoms with E-state index in [4.69, 9.17) is 16.3 Å². The van der Waals surface area contributed by atoms with Gasteiger partial charge in [-0.1, -0.05) is 20.8 Å². The minimum absolute atomic E-state index is 0.0399. The van der Waals surface area contributed by atoms with Crippen LogP contribution in [0.3, 0.4) is 0 Å². The quantitative estimate of drug-likeness (QED) is 0.521. The predicted molar refractivity (Wildman–Crippen MR) is 72.0 cm³/mol. The Bertz CT molecular complexity index is 286. The molecule has 0 bridgehead atoms. The summed E-state index contributed by atoms with van der Waals surface area (Å²) in [6, 6.07) is 0. The molecule has 0 aliphatic rings. The molecule has 6 heteroatoms. The maximum atomic E-state index is 11.6. The minimum Gasteiger partial charge on any atom is -0.380 e. The number of alkyl halides is 1. The Morgan fingerprint density at radius 3 is 2.41 bits per heavy atom. The van der Waals surface area contributed by atoms with Crippen LogP contribution in [0.2, 0.25) is 0 Å². The van der Waals surface area contributed by atoms with E-state index in [0.717, 1.165) is 0 Å². The molecule has 0 aromatic heterocycles. The molecule has 0 fully saturated rings. The van der Waals surface area contributed by atoms with Gasteiger partial charge in [0.15, 0.2) is 0 Å². The summed E-state index contributed by atoms with van der Waals surface area (Å²) < 4.78 is 30.9. The number of ether oxygens (including phenoxy) is 1. The summed E-state index contributed by atoms with van der Waals surface area (Å²) in [6.45, 7) is 7.56. The van der Waals surface area contributed by atoms with E-state index in [1.165, 1.54) is 0 Å². The van der Waals surface area contributed by atoms with Gasteiger partial charge in [0.2, 0.25) is 10.0 Å². The number of halogens is 1. The smallest absolute Gasteiger partial charge is 0.211 e. The molecular weight excluding hydrogens is 262 g/mol. The lowest BCUT2D eigenvalue weighted by Gasteiger charge is -2.17. The third-order valence-corrected chi connectivity index (χ3v) is 3.67. The summed E-state index contributed by atoms with van der Waals surface area (Å²) in [5.74, 6) is 0.649. The Kier molecular flexibility index (Phi) is 8.37. The molecule has 0 aliphatic carbocycles. The fourth-order valence-corrected chi connectivity index (χ4v) is 2.66. The molecule has 0 heterocycles. The largest absolute Gasteiger partial charge is 0.380 e. The fourth-order valence-electron chi connectivity index (χ4n) is 1.07. The van der Waals surface area contributed by atoms with Crippen LogP contribution in [-0.4, -0.2) is 39.8 Å². The molecule has 0 aromatic carbocycles. The van der Waals surface area contributed by atoms with Crippen molar-refractivity contribution in [3.63, 3.8) is 0 Å². The van der Waals surface area contributed by atoms with Crippen LogP contribution in [0.4, 0.5) is 0 Å². The van der Waals surface area contributed by atoms with Crippen LogP contribution in [-0.2, 0) is 14.8 Å². The second-order valence-electron chi connectivity index (χ2n) is 5.18. The van der Waals surface area contributed by atoms with Crippen LogP contribution >= 0.6 is 11.6 Å². The number of hydrogen-bond donors (Lipinski definition) is 1. The fraction of sp³-hybridized carbons (Fsp3) is 1.00. The van der Waals surface area contributed by atoms with Gasteiger partial charge in [0, 0.05) is 19.0 Å². The number of rotatable bonds is 9. The average molecular weight is 286 g/mol.